The van der Waals surface area contributed by atoms with Crippen LogP contribution in [0.5, 0.6) is 0 Å². The van der Waals surface area contributed by atoms with Crippen LogP contribution in [0.3, 0.4) is 0 Å². The minimum atomic E-state index is -2.47. The van der Waals surface area contributed by atoms with Crippen molar-refractivity contribution in [2.24, 2.45) is 0 Å². The number of carbonyl (C=O) groups excluding carboxylic acids is 3. The van der Waals surface area contributed by atoms with Gasteiger partial charge in [0.2, 0.25) is 5.79 Å². The monoisotopic (exact) mass is 1710 g/mol. The molecule has 8 aliphatic heterocycles. The van der Waals surface area contributed by atoms with Gasteiger partial charge in [0, 0.05) is 60.3 Å². The molecule has 2 aromatic heterocycles. The van der Waals surface area contributed by atoms with E-state index in [2.05, 4.69) is 150 Å². The molecule has 0 aromatic carbocycles. The van der Waals surface area contributed by atoms with Crippen molar-refractivity contribution in [3.05, 3.63) is 152 Å². The lowest BCUT2D eigenvalue weighted by Crippen LogP contribution is -2.55. The summed E-state index contributed by atoms with van der Waals surface area (Å²) in [6.45, 7) is 34.6. The summed E-state index contributed by atoms with van der Waals surface area (Å²) in [5.74, 6) is -2.60. The Bertz CT molecular complexity index is 4350. The van der Waals surface area contributed by atoms with Crippen molar-refractivity contribution in [1.29, 1.82) is 0 Å². The largest absolute Gasteiger partial charge is 0.388 e. The summed E-state index contributed by atoms with van der Waals surface area (Å²) in [6, 6.07) is 0. The number of rotatable bonds is 25. The number of nitrogens with one attached hydrogen (secondary N) is 5. The third kappa shape index (κ3) is 26.6. The summed E-state index contributed by atoms with van der Waals surface area (Å²) in [6.07, 6.45) is 26.2. The maximum atomic E-state index is 12.1. The molecule has 0 bridgehead atoms. The zero-order chi connectivity index (χ0) is 87.0. The van der Waals surface area contributed by atoms with Gasteiger partial charge in [-0.2, -0.15) is 0 Å². The van der Waals surface area contributed by atoms with Gasteiger partial charge in [-0.1, -0.05) is 39.2 Å². The van der Waals surface area contributed by atoms with E-state index in [4.69, 9.17) is 23.7 Å². The highest BCUT2D eigenvalue weighted by molar-refractivity contribution is 7.73. The summed E-state index contributed by atoms with van der Waals surface area (Å²) in [4.78, 5) is 90.6. The lowest BCUT2D eigenvalue weighted by molar-refractivity contribution is -0.251. The SMILES string of the molecule is C=C1NC(=O)C=CN1[C@@H]1O[C@H](CCP(=C)(C)C)[C@@H](O)C1(O)O.C=C1NC(=O)C=CN1[C@@H]1O[C@H](CCP(=C)(C)C)[C@@H](O)[C@@]1(C)O.C=C1NC(=O)C=CN1[C@@H]1O[C@](C)(CCP(=C)(C)C)[C@@H](O)[C@H]1O.C=CCCc1cn([C@@H]2O[C@H](CCP(=C)(C)C)[C@@H](O)[C@H]2O)c(=O)[nH]c1=O.C=P(C)(C)CC[C@H]1O[C@@H](n2cc(CCC)c(=O)[nH]c2=O)[C@H](O)[C@@H]1O. The van der Waals surface area contributed by atoms with Gasteiger partial charge in [0.1, 0.15) is 71.9 Å². The predicted molar refractivity (Wildman–Crippen MR) is 461 cm³/mol. The van der Waals surface area contributed by atoms with Gasteiger partial charge in [0.15, 0.2) is 31.1 Å². The standard InChI is InChI=1S/C17H27N2O5P.C16H27N2O5P.2C15H25N2O4P.C14H23N2O5P/c1-5-6-7-11-10-19(17(23)18-15(11)22)16-14(21)13(20)12(24-16)8-9-25(2,3)4;1-5-6-10-9-18(16(22)17-14(10)21)15-13(20)12(19)11(23-15)7-8-24(2,3)4;1-10-16-12(18)6-8-17(10)14-15(2,20)13(19)11(21-14)7-9-22(3,4)5;1-10-16-11(18)6-8-17(10)14-12(19)13(20)15(2,21-14)7-9-22(3,4)5;1-9-15-11(17)5-7-16(9)13-14(19,20)12(18)10(21-13)6-8-22(2,3)4/h5,10,12-14,16,20-21H,1-2,6-9H2,3-4H3,(H,18,22,23);9,11-13,15,19-20H,2,5-8H2,1,3-4H3,(H,17,21,22);6,8,11,13-14,19-20H,1,3,7,9H2,2,4-5H3,(H,16,18);6,8,12-14,19-20H,1,3,7,9H2,2,4-5H3,(H,16,18);5,7,10,12-13,18-20H,1-2,6,8H2,3-4H3,(H,15,17)/t12-,13-,14-,16-;11-,12-,13-,15-;11-,13-,14-,15-;12-,13+,14-,15-;10-,12-,13-/m11111/s1. The van der Waals surface area contributed by atoms with Crippen LogP contribution in [0.4, 0.5) is 0 Å². The number of aromatic nitrogens is 4. The molecule has 0 spiro atoms. The number of nitrogens with zero attached hydrogens (tertiary/aromatic N) is 5. The van der Waals surface area contributed by atoms with Crippen molar-refractivity contribution >= 4 is 83.6 Å². The van der Waals surface area contributed by atoms with E-state index in [0.29, 0.717) is 74.1 Å². The van der Waals surface area contributed by atoms with E-state index in [0.717, 1.165) is 41.8 Å². The number of hydrogen-bond donors (Lipinski definition) is 16. The molecular weight excluding hydrogens is 1590 g/mol. The van der Waals surface area contributed by atoms with E-state index >= 15 is 0 Å². The number of aryl methyl sites for hydroxylation is 2. The smallest absolute Gasteiger partial charge is 0.330 e. The zero-order valence-electron chi connectivity index (χ0n) is 68.6. The van der Waals surface area contributed by atoms with Gasteiger partial charge in [-0.3, -0.25) is 43.1 Å². The fraction of sp³-hybridized carbons (Fsp3) is 0.610. The van der Waals surface area contributed by atoms with E-state index in [1.807, 2.05) is 6.92 Å². The van der Waals surface area contributed by atoms with Crippen LogP contribution in [-0.4, -0.2) is 346 Å². The van der Waals surface area contributed by atoms with E-state index in [1.165, 1.54) is 75.4 Å². The van der Waals surface area contributed by atoms with Crippen molar-refractivity contribution in [3.8, 4) is 0 Å². The average molecular weight is 1720 g/mol. The molecular formula is C77H127N10O23P5. The average Bonchev–Trinajstić information content (AvgIpc) is 1.35. The topological polar surface area (TPSA) is 475 Å². The summed E-state index contributed by atoms with van der Waals surface area (Å²) in [5, 5.41) is 121. The molecule has 16 N–H and O–H groups in total. The number of hydrogen-bond acceptors (Lipinski definition) is 26. The summed E-state index contributed by atoms with van der Waals surface area (Å²) >= 11 is 0. The number of carbonyl (C=O) groups is 3. The second-order valence-corrected chi connectivity index (χ2v) is 55.8. The van der Waals surface area contributed by atoms with E-state index < -0.39 is 178 Å². The molecule has 8 aliphatic rings. The third-order valence-corrected chi connectivity index (χ3v) is 27.6. The van der Waals surface area contributed by atoms with Crippen LogP contribution in [0, 0.1) is 0 Å². The molecule has 5 saturated heterocycles. The van der Waals surface area contributed by atoms with Crippen LogP contribution in [0.1, 0.15) is 89.3 Å². The first kappa shape index (κ1) is 98.0. The molecule has 38 heteroatoms. The summed E-state index contributed by atoms with van der Waals surface area (Å²) in [7, 11) is 0. The zero-order valence-corrected chi connectivity index (χ0v) is 73.0. The van der Waals surface area contributed by atoms with Crippen LogP contribution in [0.15, 0.2) is 118 Å². The molecule has 648 valence electrons. The highest BCUT2D eigenvalue weighted by atomic mass is 31.2. The first-order valence-electron chi connectivity index (χ1n) is 37.8. The van der Waals surface area contributed by atoms with E-state index in [9.17, 15) is 89.7 Å². The Hall–Kier alpha value is -5.79. The Labute approximate surface area is 673 Å². The summed E-state index contributed by atoms with van der Waals surface area (Å²) < 4.78 is 31.3. The Morgan fingerprint density at radius 3 is 1.19 bits per heavy atom. The minimum absolute atomic E-state index is 0.155. The number of ether oxygens (including phenoxy) is 5. The Morgan fingerprint density at radius 1 is 0.461 bits per heavy atom. The quantitative estimate of drug-likeness (QED) is 0.0366. The second kappa shape index (κ2) is 39.6. The fourth-order valence-corrected chi connectivity index (χ4v) is 18.2. The van der Waals surface area contributed by atoms with Crippen molar-refractivity contribution in [2.45, 2.75) is 200 Å². The molecule has 33 nitrogen and oxygen atoms in total. The predicted octanol–water partition coefficient (Wildman–Crippen LogP) is 0.529. The maximum absolute atomic E-state index is 12.1. The Kier molecular flexibility index (Phi) is 33.8. The molecule has 10 heterocycles. The number of aliphatic hydroxyl groups excluding tert-OH is 8. The lowest BCUT2D eigenvalue weighted by Gasteiger charge is -2.37. The normalized spacial score (nSPS) is 31.3. The van der Waals surface area contributed by atoms with E-state index in [1.54, 1.807) is 13.0 Å². The van der Waals surface area contributed by atoms with Gasteiger partial charge < -0.3 is 111 Å². The molecule has 19 atom stereocenters. The lowest BCUT2D eigenvalue weighted by atomic mass is 9.94. The van der Waals surface area contributed by atoms with Gasteiger partial charge >= 0.3 is 11.4 Å². The van der Waals surface area contributed by atoms with Gasteiger partial charge in [-0.15, -0.1) is 72.5 Å². The third-order valence-electron chi connectivity index (χ3n) is 20.2. The van der Waals surface area contributed by atoms with E-state index in [-0.39, 0.29) is 23.5 Å². The molecule has 5 fully saturated rings. The van der Waals surface area contributed by atoms with Crippen LogP contribution < -0.4 is 38.4 Å². The first-order valence-corrected chi connectivity index (χ1v) is 53.1. The van der Waals surface area contributed by atoms with Crippen molar-refractivity contribution < 1.29 is 94.2 Å². The molecule has 0 aliphatic carbocycles. The molecule has 0 radical (unpaired) electrons. The molecule has 0 unspecified atom stereocenters. The highest BCUT2D eigenvalue weighted by Crippen LogP contribution is 2.47. The number of aliphatic hydroxyl groups is 11. The molecule has 10 rings (SSSR count). The van der Waals surface area contributed by atoms with Gasteiger partial charge in [0.05, 0.1) is 30.0 Å². The molecule has 2 aromatic rings. The Balaban J connectivity index is 0.000000224. The number of aromatic amines is 2. The fourth-order valence-electron chi connectivity index (χ4n) is 13.4. The number of amides is 3. The van der Waals surface area contributed by atoms with Gasteiger partial charge in [-0.25, -0.2) is 9.59 Å². The number of H-pyrrole nitrogens is 2. The number of allylic oxidation sites excluding steroid dienone is 1. The maximum Gasteiger partial charge on any atom is 0.330 e. The van der Waals surface area contributed by atoms with Crippen LogP contribution in [-0.2, 0) is 50.9 Å². The van der Waals surface area contributed by atoms with Crippen molar-refractivity contribution in [2.75, 3.05) is 97.5 Å². The second-order valence-electron chi connectivity index (χ2n) is 34.2. The van der Waals surface area contributed by atoms with Crippen molar-refractivity contribution in [3.63, 3.8) is 0 Å². The first-order chi connectivity index (χ1) is 52.8. The molecule has 0 saturated carbocycles. The highest BCUT2D eigenvalue weighted by Gasteiger charge is 2.58. The Morgan fingerprint density at radius 2 is 0.817 bits per heavy atom. The van der Waals surface area contributed by atoms with Gasteiger partial charge in [0.25, 0.3) is 28.8 Å². The van der Waals surface area contributed by atoms with Gasteiger partial charge in [-0.05, 0) is 163 Å². The van der Waals surface area contributed by atoms with Crippen LogP contribution >= 0.6 is 34.4 Å². The molecule has 115 heavy (non-hydrogen) atoms. The van der Waals surface area contributed by atoms with Crippen molar-refractivity contribution in [1.82, 2.24) is 49.8 Å². The van der Waals surface area contributed by atoms with Crippen LogP contribution in [0.2, 0.25) is 0 Å². The molecule has 3 amide bonds. The minimum Gasteiger partial charge on any atom is -0.388 e. The summed E-state index contributed by atoms with van der Waals surface area (Å²) in [5.41, 5.74) is -3.68. The van der Waals surface area contributed by atoms with Crippen LogP contribution in [0.25, 0.3) is 0 Å².